The average molecular weight is 347 g/mol. The van der Waals surface area contributed by atoms with Crippen molar-refractivity contribution in [3.63, 3.8) is 0 Å². The lowest BCUT2D eigenvalue weighted by Crippen LogP contribution is -2.41. The largest absolute Gasteiger partial charge is 0.490 e. The second kappa shape index (κ2) is 7.81. The van der Waals surface area contributed by atoms with Crippen LogP contribution in [0, 0.1) is 10.1 Å². The first kappa shape index (κ1) is 16.4. The molecule has 0 amide bonds. The smallest absolute Gasteiger partial charge is 0.324 e. The molecule has 0 bridgehead atoms. The Morgan fingerprint density at radius 2 is 2.30 bits per heavy atom. The van der Waals surface area contributed by atoms with Crippen molar-refractivity contribution in [3.05, 3.63) is 32.8 Å². The molecule has 0 radical (unpaired) electrons. The molecule has 0 aliphatic heterocycles. The molecule has 1 aromatic rings. The fourth-order valence-electron chi connectivity index (χ4n) is 1.46. The van der Waals surface area contributed by atoms with Gasteiger partial charge in [0.25, 0.3) is 5.69 Å². The standard InChI is InChI=1S/C12H15BrN2O5/c1-2-6-14-8(12(16)17)7-20-10-5-3-4-9(11(10)13)15(18)19/h3-5,8,14H,2,6-7H2,1H3,(H,16,17). The number of hydrogen-bond acceptors (Lipinski definition) is 5. The van der Waals surface area contributed by atoms with E-state index in [1.165, 1.54) is 18.2 Å². The molecular formula is C12H15BrN2O5. The molecule has 0 saturated heterocycles. The lowest BCUT2D eigenvalue weighted by molar-refractivity contribution is -0.385. The van der Waals surface area contributed by atoms with E-state index < -0.39 is 16.9 Å². The van der Waals surface area contributed by atoms with E-state index in [2.05, 4.69) is 21.2 Å². The van der Waals surface area contributed by atoms with Gasteiger partial charge in [-0.05, 0) is 35.0 Å². The molecule has 0 heterocycles. The first-order valence-electron chi connectivity index (χ1n) is 5.99. The van der Waals surface area contributed by atoms with Crippen molar-refractivity contribution in [2.45, 2.75) is 19.4 Å². The van der Waals surface area contributed by atoms with E-state index in [0.29, 0.717) is 6.54 Å². The van der Waals surface area contributed by atoms with Crippen molar-refractivity contribution in [1.82, 2.24) is 5.32 Å². The number of nitrogens with one attached hydrogen (secondary N) is 1. The molecule has 7 nitrogen and oxygen atoms in total. The molecular weight excluding hydrogens is 332 g/mol. The SMILES string of the molecule is CCCNC(COc1cccc([N+](=O)[O-])c1Br)C(=O)O. The van der Waals surface area contributed by atoms with E-state index in [1.54, 1.807) is 0 Å². The number of nitrogens with zero attached hydrogens (tertiary/aromatic N) is 1. The first-order valence-corrected chi connectivity index (χ1v) is 6.78. The number of nitro benzene ring substituents is 1. The summed E-state index contributed by atoms with van der Waals surface area (Å²) < 4.78 is 5.55. The Morgan fingerprint density at radius 3 is 2.85 bits per heavy atom. The van der Waals surface area contributed by atoms with E-state index in [1.807, 2.05) is 6.92 Å². The van der Waals surface area contributed by atoms with Crippen LogP contribution in [0.5, 0.6) is 5.75 Å². The van der Waals surface area contributed by atoms with Crippen molar-refractivity contribution < 1.29 is 19.6 Å². The number of carbonyl (C=O) groups is 1. The van der Waals surface area contributed by atoms with Gasteiger partial charge in [-0.15, -0.1) is 0 Å². The predicted octanol–water partition coefficient (Wildman–Crippen LogP) is 2.19. The van der Waals surface area contributed by atoms with Crippen LogP contribution < -0.4 is 10.1 Å². The van der Waals surface area contributed by atoms with E-state index in [4.69, 9.17) is 9.84 Å². The second-order valence-electron chi connectivity index (χ2n) is 4.00. The molecule has 0 saturated carbocycles. The molecule has 20 heavy (non-hydrogen) atoms. The van der Waals surface area contributed by atoms with Crippen LogP contribution in [0.2, 0.25) is 0 Å². The number of halogens is 1. The molecule has 1 rings (SSSR count). The van der Waals surface area contributed by atoms with Gasteiger partial charge in [-0.25, -0.2) is 0 Å². The Kier molecular flexibility index (Phi) is 6.40. The van der Waals surface area contributed by atoms with Crippen LogP contribution in [0.15, 0.2) is 22.7 Å². The number of carboxylic acids is 1. The summed E-state index contributed by atoms with van der Waals surface area (Å²) in [6, 6.07) is 3.49. The Hall–Kier alpha value is -1.67. The summed E-state index contributed by atoms with van der Waals surface area (Å²) in [6.07, 6.45) is 0.796. The van der Waals surface area contributed by atoms with Gasteiger partial charge in [-0.3, -0.25) is 14.9 Å². The van der Waals surface area contributed by atoms with Crippen molar-refractivity contribution in [3.8, 4) is 5.75 Å². The van der Waals surface area contributed by atoms with Crippen molar-refractivity contribution in [1.29, 1.82) is 0 Å². The van der Waals surface area contributed by atoms with Gasteiger partial charge in [0, 0.05) is 6.07 Å². The minimum atomic E-state index is -1.03. The maximum Gasteiger partial charge on any atom is 0.324 e. The van der Waals surface area contributed by atoms with Crippen LogP contribution in [0.4, 0.5) is 5.69 Å². The highest BCUT2D eigenvalue weighted by atomic mass is 79.9. The van der Waals surface area contributed by atoms with Crippen LogP contribution in [-0.4, -0.2) is 35.2 Å². The number of aliphatic carboxylic acids is 1. The summed E-state index contributed by atoms with van der Waals surface area (Å²) in [4.78, 5) is 21.3. The number of carboxylic acid groups (broad SMARTS) is 1. The molecule has 0 aromatic heterocycles. The number of nitro groups is 1. The summed E-state index contributed by atoms with van der Waals surface area (Å²) in [5.74, 6) is -0.788. The molecule has 0 aliphatic carbocycles. The zero-order chi connectivity index (χ0) is 15.1. The molecule has 1 aromatic carbocycles. The highest BCUT2D eigenvalue weighted by molar-refractivity contribution is 9.10. The van der Waals surface area contributed by atoms with Gasteiger partial charge in [0.15, 0.2) is 0 Å². The maximum absolute atomic E-state index is 11.0. The van der Waals surface area contributed by atoms with Crippen LogP contribution >= 0.6 is 15.9 Å². The van der Waals surface area contributed by atoms with Gasteiger partial charge in [-0.1, -0.05) is 13.0 Å². The molecule has 0 fully saturated rings. The topological polar surface area (TPSA) is 102 Å². The molecule has 1 atom stereocenters. The van der Waals surface area contributed by atoms with Gasteiger partial charge in [0.05, 0.1) is 4.92 Å². The number of rotatable bonds is 8. The van der Waals surface area contributed by atoms with Crippen LogP contribution in [0.1, 0.15) is 13.3 Å². The number of hydrogen-bond donors (Lipinski definition) is 2. The van der Waals surface area contributed by atoms with Crippen LogP contribution in [0.25, 0.3) is 0 Å². The van der Waals surface area contributed by atoms with Gasteiger partial charge in [0.1, 0.15) is 22.9 Å². The summed E-state index contributed by atoms with van der Waals surface area (Å²) in [5.41, 5.74) is -0.129. The summed E-state index contributed by atoms with van der Waals surface area (Å²) in [7, 11) is 0. The monoisotopic (exact) mass is 346 g/mol. The third-order valence-electron chi connectivity index (χ3n) is 2.48. The number of ether oxygens (including phenoxy) is 1. The summed E-state index contributed by atoms with van der Waals surface area (Å²) in [6.45, 7) is 2.36. The third-order valence-corrected chi connectivity index (χ3v) is 3.28. The number of benzene rings is 1. The Balaban J connectivity index is 2.75. The van der Waals surface area contributed by atoms with Gasteiger partial charge < -0.3 is 15.2 Å². The zero-order valence-electron chi connectivity index (χ0n) is 10.8. The van der Waals surface area contributed by atoms with E-state index in [9.17, 15) is 14.9 Å². The minimum Gasteiger partial charge on any atom is -0.490 e. The highest BCUT2D eigenvalue weighted by Gasteiger charge is 2.20. The lowest BCUT2D eigenvalue weighted by Gasteiger charge is -2.15. The minimum absolute atomic E-state index is 0.116. The van der Waals surface area contributed by atoms with Gasteiger partial charge in [-0.2, -0.15) is 0 Å². The quantitative estimate of drug-likeness (QED) is 0.552. The van der Waals surface area contributed by atoms with E-state index in [0.717, 1.165) is 6.42 Å². The lowest BCUT2D eigenvalue weighted by atomic mass is 10.3. The molecule has 110 valence electrons. The third kappa shape index (κ3) is 4.46. The Morgan fingerprint density at radius 1 is 1.60 bits per heavy atom. The fraction of sp³-hybridized carbons (Fsp3) is 0.417. The van der Waals surface area contributed by atoms with Gasteiger partial charge in [0.2, 0.25) is 0 Å². The maximum atomic E-state index is 11.0. The molecule has 0 aliphatic rings. The molecule has 8 heteroatoms. The normalized spacial score (nSPS) is 11.9. The molecule has 1 unspecified atom stereocenters. The van der Waals surface area contributed by atoms with E-state index >= 15 is 0 Å². The first-order chi connectivity index (χ1) is 9.47. The van der Waals surface area contributed by atoms with Crippen LogP contribution in [0.3, 0.4) is 0 Å². The van der Waals surface area contributed by atoms with E-state index in [-0.39, 0.29) is 22.5 Å². The summed E-state index contributed by atoms with van der Waals surface area (Å²) in [5, 5.41) is 22.6. The Labute approximate surface area is 124 Å². The van der Waals surface area contributed by atoms with Crippen molar-refractivity contribution in [2.75, 3.05) is 13.2 Å². The zero-order valence-corrected chi connectivity index (χ0v) is 12.4. The second-order valence-corrected chi connectivity index (χ2v) is 4.80. The van der Waals surface area contributed by atoms with Crippen molar-refractivity contribution in [2.24, 2.45) is 0 Å². The van der Waals surface area contributed by atoms with Crippen molar-refractivity contribution >= 4 is 27.6 Å². The van der Waals surface area contributed by atoms with Gasteiger partial charge >= 0.3 is 5.97 Å². The van der Waals surface area contributed by atoms with Crippen LogP contribution in [-0.2, 0) is 4.79 Å². The predicted molar refractivity (Wildman–Crippen MR) is 76.0 cm³/mol. The fourth-order valence-corrected chi connectivity index (χ4v) is 1.98. The molecule has 2 N–H and O–H groups in total. The Bertz CT molecular complexity index is 495. The molecule has 0 spiro atoms. The highest BCUT2D eigenvalue weighted by Crippen LogP contribution is 2.33. The average Bonchev–Trinajstić information content (AvgIpc) is 2.39. The summed E-state index contributed by atoms with van der Waals surface area (Å²) >= 11 is 3.09.